The second-order valence-corrected chi connectivity index (χ2v) is 12.8. The molecule has 3 aromatic rings. The van der Waals surface area contributed by atoms with Crippen molar-refractivity contribution in [1.82, 2.24) is 14.2 Å². The summed E-state index contributed by atoms with van der Waals surface area (Å²) in [5.74, 6) is 0.399. The molecule has 1 amide bonds. The first-order chi connectivity index (χ1) is 19.2. The van der Waals surface area contributed by atoms with Crippen molar-refractivity contribution in [1.29, 1.82) is 0 Å². The average molecular weight is 564 g/mol. The van der Waals surface area contributed by atoms with Crippen LogP contribution in [-0.2, 0) is 20.5 Å². The Morgan fingerprint density at radius 1 is 1.02 bits per heavy atom. The van der Waals surface area contributed by atoms with Gasteiger partial charge < -0.3 is 14.4 Å². The third-order valence-corrected chi connectivity index (χ3v) is 9.81. The van der Waals surface area contributed by atoms with Gasteiger partial charge in [-0.2, -0.15) is 4.31 Å². The summed E-state index contributed by atoms with van der Waals surface area (Å²) < 4.78 is 40.7. The number of aryl methyl sites for hydroxylation is 3. The van der Waals surface area contributed by atoms with Crippen LogP contribution in [0.15, 0.2) is 60.9 Å². The molecule has 2 aliphatic rings. The average Bonchev–Trinajstić information content (AvgIpc) is 3.58. The van der Waals surface area contributed by atoms with Crippen LogP contribution < -0.4 is 4.74 Å². The zero-order valence-corrected chi connectivity index (χ0v) is 24.4. The van der Waals surface area contributed by atoms with Gasteiger partial charge in [-0.1, -0.05) is 29.8 Å². The molecule has 2 aromatic carbocycles. The molecule has 0 spiro atoms. The molecule has 0 aliphatic carbocycles. The van der Waals surface area contributed by atoms with Gasteiger partial charge in [0, 0.05) is 31.6 Å². The van der Waals surface area contributed by atoms with E-state index >= 15 is 0 Å². The fraction of sp³-hybridized carbons (Fsp3) is 0.419. The molecule has 5 rings (SSSR count). The fourth-order valence-corrected chi connectivity index (χ4v) is 7.55. The van der Waals surface area contributed by atoms with Gasteiger partial charge in [0.2, 0.25) is 10.0 Å². The number of hydrogen-bond donors (Lipinski definition) is 0. The number of ether oxygens (including phenoxy) is 2. The minimum Gasteiger partial charge on any atom is -0.486 e. The normalized spacial score (nSPS) is 21.6. The summed E-state index contributed by atoms with van der Waals surface area (Å²) in [5.41, 5.74) is 5.32. The highest BCUT2D eigenvalue weighted by Crippen LogP contribution is 2.36. The summed E-state index contributed by atoms with van der Waals surface area (Å²) in [5, 5.41) is 0. The zero-order valence-electron chi connectivity index (χ0n) is 23.5. The van der Waals surface area contributed by atoms with Gasteiger partial charge in [-0.25, -0.2) is 8.42 Å². The van der Waals surface area contributed by atoms with Crippen LogP contribution in [0.2, 0.25) is 0 Å². The number of pyridine rings is 1. The lowest BCUT2D eigenvalue weighted by Crippen LogP contribution is -2.32. The Morgan fingerprint density at radius 3 is 2.60 bits per heavy atom. The van der Waals surface area contributed by atoms with E-state index in [2.05, 4.69) is 4.98 Å². The van der Waals surface area contributed by atoms with Crippen molar-refractivity contribution in [2.75, 3.05) is 26.7 Å². The van der Waals surface area contributed by atoms with Crippen molar-refractivity contribution >= 4 is 15.9 Å². The first-order valence-corrected chi connectivity index (χ1v) is 15.3. The van der Waals surface area contributed by atoms with Gasteiger partial charge in [-0.05, 0) is 80.1 Å². The van der Waals surface area contributed by atoms with Gasteiger partial charge >= 0.3 is 0 Å². The lowest BCUT2D eigenvalue weighted by Gasteiger charge is -2.25. The lowest BCUT2D eigenvalue weighted by atomic mass is 10.0. The van der Waals surface area contributed by atoms with Crippen LogP contribution in [0.25, 0.3) is 0 Å². The van der Waals surface area contributed by atoms with Crippen molar-refractivity contribution in [3.8, 4) is 5.75 Å². The number of amides is 1. The zero-order chi connectivity index (χ0) is 28.4. The van der Waals surface area contributed by atoms with Crippen LogP contribution in [0.3, 0.4) is 0 Å². The highest BCUT2D eigenvalue weighted by Gasteiger charge is 2.38. The molecular weight excluding hydrogens is 526 g/mol. The number of hydrogen-bond acceptors (Lipinski definition) is 6. The monoisotopic (exact) mass is 563 g/mol. The van der Waals surface area contributed by atoms with Gasteiger partial charge in [-0.15, -0.1) is 0 Å². The fourth-order valence-electron chi connectivity index (χ4n) is 5.77. The van der Waals surface area contributed by atoms with Crippen LogP contribution in [0.1, 0.15) is 57.1 Å². The number of nitrogens with zero attached hydrogens (tertiary/aromatic N) is 3. The summed E-state index contributed by atoms with van der Waals surface area (Å²) in [4.78, 5) is 19.3. The lowest BCUT2D eigenvalue weighted by molar-refractivity contribution is 0.0339. The SMILES string of the molecule is COC1CN(C(=O)c2cc(C)ccc2C)CC1Oc1cccc(CS(=O)(=O)N2CCCC2c2cnccc2C)c1. The highest BCUT2D eigenvalue weighted by atomic mass is 32.2. The molecule has 8 nitrogen and oxygen atoms in total. The van der Waals surface area contributed by atoms with Gasteiger partial charge in [0.1, 0.15) is 18.0 Å². The molecule has 212 valence electrons. The van der Waals surface area contributed by atoms with Crippen molar-refractivity contribution in [3.63, 3.8) is 0 Å². The summed E-state index contributed by atoms with van der Waals surface area (Å²) >= 11 is 0. The molecule has 3 unspecified atom stereocenters. The number of carbonyl (C=O) groups excluding carboxylic acids is 1. The van der Waals surface area contributed by atoms with E-state index < -0.39 is 10.0 Å². The number of methoxy groups -OCH3 is 1. The number of sulfonamides is 1. The van der Waals surface area contributed by atoms with E-state index in [1.54, 1.807) is 34.8 Å². The first-order valence-electron chi connectivity index (χ1n) is 13.7. The molecule has 0 N–H and O–H groups in total. The predicted molar refractivity (Wildman–Crippen MR) is 154 cm³/mol. The topological polar surface area (TPSA) is 89.0 Å². The first kappa shape index (κ1) is 28.3. The van der Waals surface area contributed by atoms with E-state index in [0.29, 0.717) is 36.5 Å². The summed E-state index contributed by atoms with van der Waals surface area (Å²) in [6.45, 7) is 7.21. The van der Waals surface area contributed by atoms with Crippen molar-refractivity contribution in [3.05, 3.63) is 94.3 Å². The van der Waals surface area contributed by atoms with Crippen molar-refractivity contribution < 1.29 is 22.7 Å². The third-order valence-electron chi connectivity index (χ3n) is 7.96. The second kappa shape index (κ2) is 11.7. The molecular formula is C31H37N3O5S. The largest absolute Gasteiger partial charge is 0.486 e. The number of benzene rings is 2. The maximum atomic E-state index is 13.6. The van der Waals surface area contributed by atoms with Gasteiger partial charge in [0.15, 0.2) is 0 Å². The van der Waals surface area contributed by atoms with Crippen LogP contribution in [-0.4, -0.2) is 67.5 Å². The molecule has 0 bridgehead atoms. The molecule has 2 aliphatic heterocycles. The third kappa shape index (κ3) is 5.92. The molecule has 0 saturated carbocycles. The predicted octanol–water partition coefficient (Wildman–Crippen LogP) is 4.59. The van der Waals surface area contributed by atoms with E-state index in [0.717, 1.165) is 35.1 Å². The molecule has 40 heavy (non-hydrogen) atoms. The van der Waals surface area contributed by atoms with Crippen molar-refractivity contribution in [2.24, 2.45) is 0 Å². The van der Waals surface area contributed by atoms with Gasteiger partial charge in [0.25, 0.3) is 5.91 Å². The van der Waals surface area contributed by atoms with Gasteiger partial charge in [-0.3, -0.25) is 9.78 Å². The summed E-state index contributed by atoms with van der Waals surface area (Å²) in [6.07, 6.45) is 4.45. The maximum Gasteiger partial charge on any atom is 0.254 e. The quantitative estimate of drug-likeness (QED) is 0.398. The Morgan fingerprint density at radius 2 is 1.82 bits per heavy atom. The van der Waals surface area contributed by atoms with Crippen LogP contribution >= 0.6 is 0 Å². The Labute approximate surface area is 237 Å². The van der Waals surface area contributed by atoms with Crippen LogP contribution in [0.4, 0.5) is 0 Å². The van der Waals surface area contributed by atoms with E-state index in [-0.39, 0.29) is 29.9 Å². The Bertz CT molecular complexity index is 1490. The Kier molecular flexibility index (Phi) is 8.26. The molecule has 2 saturated heterocycles. The number of carbonyl (C=O) groups is 1. The van der Waals surface area contributed by atoms with Crippen molar-refractivity contribution in [2.45, 2.75) is 57.6 Å². The summed E-state index contributed by atoms with van der Waals surface area (Å²) in [6, 6.07) is 14.8. The Balaban J connectivity index is 1.29. The minimum atomic E-state index is -3.57. The second-order valence-electron chi connectivity index (χ2n) is 10.9. The van der Waals surface area contributed by atoms with Crippen LogP contribution in [0.5, 0.6) is 5.75 Å². The molecule has 1 aromatic heterocycles. The van der Waals surface area contributed by atoms with E-state index in [9.17, 15) is 13.2 Å². The minimum absolute atomic E-state index is 0.0433. The smallest absolute Gasteiger partial charge is 0.254 e. The number of aromatic nitrogens is 1. The number of rotatable bonds is 8. The highest BCUT2D eigenvalue weighted by molar-refractivity contribution is 7.88. The van der Waals surface area contributed by atoms with Crippen LogP contribution in [0, 0.1) is 20.8 Å². The maximum absolute atomic E-state index is 13.6. The Hall–Kier alpha value is -3.27. The summed E-state index contributed by atoms with van der Waals surface area (Å²) in [7, 11) is -1.96. The van der Waals surface area contributed by atoms with E-state index in [1.807, 2.05) is 63.2 Å². The molecule has 3 heterocycles. The van der Waals surface area contributed by atoms with E-state index in [4.69, 9.17) is 9.47 Å². The van der Waals surface area contributed by atoms with Gasteiger partial charge in [0.05, 0.1) is 24.9 Å². The molecule has 2 fully saturated rings. The molecule has 3 atom stereocenters. The van der Waals surface area contributed by atoms with E-state index in [1.165, 1.54) is 0 Å². The standard InChI is InChI=1S/C31H37N3O5S/c1-21-10-11-22(2)26(15-21)31(35)33-18-29(38-4)30(19-33)39-25-8-5-7-24(16-25)20-40(36,37)34-14-6-9-28(34)27-17-32-13-12-23(27)3/h5,7-8,10-13,15-17,28-30H,6,9,14,18-20H2,1-4H3. The molecule has 0 radical (unpaired) electrons. The number of likely N-dealkylation sites (tertiary alicyclic amines) is 1. The molecule has 9 heteroatoms.